The fourth-order valence-corrected chi connectivity index (χ4v) is 5.02. The molecule has 0 amide bonds. The van der Waals surface area contributed by atoms with Gasteiger partial charge in [-0.1, -0.05) is 44.4 Å². The van der Waals surface area contributed by atoms with E-state index in [1.807, 2.05) is 13.1 Å². The van der Waals surface area contributed by atoms with Crippen molar-refractivity contribution in [3.8, 4) is 0 Å². The van der Waals surface area contributed by atoms with Crippen LogP contribution >= 0.6 is 11.6 Å². The topological polar surface area (TPSA) is 12.0 Å². The summed E-state index contributed by atoms with van der Waals surface area (Å²) in [6.45, 7) is 5.28. The van der Waals surface area contributed by atoms with Gasteiger partial charge >= 0.3 is 0 Å². The van der Waals surface area contributed by atoms with E-state index in [4.69, 9.17) is 11.6 Å². The van der Waals surface area contributed by atoms with Crippen molar-refractivity contribution in [2.75, 3.05) is 13.6 Å². The lowest BCUT2D eigenvalue weighted by atomic mass is 9.47. The molecule has 0 unspecified atom stereocenters. The zero-order chi connectivity index (χ0) is 15.5. The molecular formula is C18H27ClFN. The first kappa shape index (κ1) is 16.8. The molecule has 1 N–H and O–H groups in total. The van der Waals surface area contributed by atoms with E-state index in [2.05, 4.69) is 19.2 Å². The fourth-order valence-electron chi connectivity index (χ4n) is 4.66. The van der Waals surface area contributed by atoms with Gasteiger partial charge < -0.3 is 5.32 Å². The minimum Gasteiger partial charge on any atom is -0.319 e. The molecule has 118 valence electrons. The minimum atomic E-state index is -0.153. The SMILES string of the molecule is CCCC1(CCC)CC(CNC)(c2c(F)cccc2Cl)C1. The summed E-state index contributed by atoms with van der Waals surface area (Å²) in [4.78, 5) is 0. The van der Waals surface area contributed by atoms with Crippen molar-refractivity contribution in [2.24, 2.45) is 5.41 Å². The number of hydrogen-bond donors (Lipinski definition) is 1. The molecule has 0 bridgehead atoms. The fraction of sp³-hybridized carbons (Fsp3) is 0.667. The van der Waals surface area contributed by atoms with E-state index in [1.54, 1.807) is 6.07 Å². The van der Waals surface area contributed by atoms with Crippen LogP contribution in [-0.4, -0.2) is 13.6 Å². The van der Waals surface area contributed by atoms with Gasteiger partial charge in [0.1, 0.15) is 5.82 Å². The van der Waals surface area contributed by atoms with Crippen molar-refractivity contribution in [3.05, 3.63) is 34.6 Å². The van der Waals surface area contributed by atoms with E-state index in [-0.39, 0.29) is 11.2 Å². The molecule has 0 aromatic heterocycles. The van der Waals surface area contributed by atoms with Gasteiger partial charge in [0, 0.05) is 22.5 Å². The highest BCUT2D eigenvalue weighted by Gasteiger charge is 2.55. The number of rotatable bonds is 7. The summed E-state index contributed by atoms with van der Waals surface area (Å²) < 4.78 is 14.4. The lowest BCUT2D eigenvalue weighted by Crippen LogP contribution is -2.54. The number of likely N-dealkylation sites (N-methyl/N-ethyl adjacent to an activating group) is 1. The second kappa shape index (κ2) is 6.66. The van der Waals surface area contributed by atoms with E-state index in [9.17, 15) is 4.39 Å². The van der Waals surface area contributed by atoms with Crippen molar-refractivity contribution < 1.29 is 4.39 Å². The largest absolute Gasteiger partial charge is 0.319 e. The number of nitrogens with one attached hydrogen (secondary N) is 1. The van der Waals surface area contributed by atoms with E-state index in [1.165, 1.54) is 31.7 Å². The molecule has 1 fully saturated rings. The van der Waals surface area contributed by atoms with Gasteiger partial charge in [-0.2, -0.15) is 0 Å². The summed E-state index contributed by atoms with van der Waals surface area (Å²) in [5.74, 6) is -0.153. The van der Waals surface area contributed by atoms with E-state index >= 15 is 0 Å². The normalized spacial score (nSPS) is 19.3. The highest BCUT2D eigenvalue weighted by molar-refractivity contribution is 6.31. The smallest absolute Gasteiger partial charge is 0.128 e. The van der Waals surface area contributed by atoms with Crippen molar-refractivity contribution in [1.29, 1.82) is 0 Å². The Morgan fingerprint density at radius 3 is 2.29 bits per heavy atom. The van der Waals surface area contributed by atoms with Gasteiger partial charge in [-0.25, -0.2) is 4.39 Å². The third-order valence-corrected chi connectivity index (χ3v) is 5.31. The molecule has 21 heavy (non-hydrogen) atoms. The van der Waals surface area contributed by atoms with Crippen LogP contribution in [0.5, 0.6) is 0 Å². The van der Waals surface area contributed by atoms with Gasteiger partial charge in [-0.15, -0.1) is 0 Å². The Bertz CT molecular complexity index is 452. The first-order valence-corrected chi connectivity index (χ1v) is 8.49. The van der Waals surface area contributed by atoms with Crippen LogP contribution in [0.1, 0.15) is 57.9 Å². The molecule has 1 aliphatic rings. The van der Waals surface area contributed by atoms with Gasteiger partial charge in [0.25, 0.3) is 0 Å². The molecule has 0 atom stereocenters. The maximum Gasteiger partial charge on any atom is 0.128 e. The Labute approximate surface area is 133 Å². The second-order valence-electron chi connectivity index (χ2n) is 6.76. The van der Waals surface area contributed by atoms with Crippen LogP contribution in [0.4, 0.5) is 4.39 Å². The van der Waals surface area contributed by atoms with Crippen LogP contribution in [0.25, 0.3) is 0 Å². The zero-order valence-electron chi connectivity index (χ0n) is 13.4. The standard InChI is InChI=1S/C18H27ClFN/c1-4-9-17(10-5-2)11-18(12-17,13-21-3)16-14(19)7-6-8-15(16)20/h6-8,21H,4-5,9-13H2,1-3H3. The molecule has 1 aromatic rings. The summed E-state index contributed by atoms with van der Waals surface area (Å²) in [6.07, 6.45) is 6.95. The van der Waals surface area contributed by atoms with E-state index < -0.39 is 0 Å². The van der Waals surface area contributed by atoms with Gasteiger partial charge in [-0.3, -0.25) is 0 Å². The van der Waals surface area contributed by atoms with Gasteiger partial charge in [0.2, 0.25) is 0 Å². The van der Waals surface area contributed by atoms with Crippen LogP contribution in [0.3, 0.4) is 0 Å². The third kappa shape index (κ3) is 3.12. The van der Waals surface area contributed by atoms with Crippen LogP contribution in [-0.2, 0) is 5.41 Å². The van der Waals surface area contributed by atoms with Crippen molar-refractivity contribution in [2.45, 2.75) is 57.8 Å². The van der Waals surface area contributed by atoms with Crippen LogP contribution < -0.4 is 5.32 Å². The minimum absolute atomic E-state index is 0.137. The first-order chi connectivity index (χ1) is 10.0. The molecule has 1 nitrogen and oxygen atoms in total. The second-order valence-corrected chi connectivity index (χ2v) is 7.17. The molecule has 0 saturated heterocycles. The highest BCUT2D eigenvalue weighted by atomic mass is 35.5. The molecule has 1 saturated carbocycles. The predicted molar refractivity (Wildman–Crippen MR) is 88.5 cm³/mol. The summed E-state index contributed by atoms with van der Waals surface area (Å²) in [5.41, 5.74) is 0.969. The van der Waals surface area contributed by atoms with Crippen LogP contribution in [0.2, 0.25) is 5.02 Å². The molecule has 1 aromatic carbocycles. The summed E-state index contributed by atoms with van der Waals surface area (Å²) >= 11 is 6.34. The quantitative estimate of drug-likeness (QED) is 0.719. The Morgan fingerprint density at radius 1 is 1.19 bits per heavy atom. The third-order valence-electron chi connectivity index (χ3n) is 5.00. The maximum absolute atomic E-state index is 14.4. The first-order valence-electron chi connectivity index (χ1n) is 8.11. The van der Waals surface area contributed by atoms with Crippen LogP contribution in [0, 0.1) is 11.2 Å². The Hall–Kier alpha value is -0.600. The lowest BCUT2D eigenvalue weighted by molar-refractivity contribution is 0.00201. The monoisotopic (exact) mass is 311 g/mol. The number of halogens is 2. The molecule has 0 heterocycles. The highest BCUT2D eigenvalue weighted by Crippen LogP contribution is 2.61. The van der Waals surface area contributed by atoms with E-state index in [0.717, 1.165) is 24.9 Å². The number of hydrogen-bond acceptors (Lipinski definition) is 1. The van der Waals surface area contributed by atoms with E-state index in [0.29, 0.717) is 10.4 Å². The maximum atomic E-state index is 14.4. The Kier molecular flexibility index (Phi) is 5.32. The molecule has 0 radical (unpaired) electrons. The average molecular weight is 312 g/mol. The van der Waals surface area contributed by atoms with Crippen molar-refractivity contribution in [1.82, 2.24) is 5.32 Å². The molecule has 0 spiro atoms. The van der Waals surface area contributed by atoms with Crippen LogP contribution in [0.15, 0.2) is 18.2 Å². The molecule has 2 rings (SSSR count). The Morgan fingerprint density at radius 2 is 1.81 bits per heavy atom. The molecule has 0 aliphatic heterocycles. The summed E-state index contributed by atoms with van der Waals surface area (Å²) in [6, 6.07) is 5.05. The summed E-state index contributed by atoms with van der Waals surface area (Å²) in [5, 5.41) is 3.84. The van der Waals surface area contributed by atoms with Crippen molar-refractivity contribution in [3.63, 3.8) is 0 Å². The summed E-state index contributed by atoms with van der Waals surface area (Å²) in [7, 11) is 1.94. The number of benzene rings is 1. The molecule has 3 heteroatoms. The van der Waals surface area contributed by atoms with Gasteiger partial charge in [-0.05, 0) is 50.3 Å². The van der Waals surface area contributed by atoms with Crippen molar-refractivity contribution >= 4 is 11.6 Å². The average Bonchev–Trinajstić information content (AvgIpc) is 2.37. The van der Waals surface area contributed by atoms with Gasteiger partial charge in [0.15, 0.2) is 0 Å². The Balaban J connectivity index is 2.33. The van der Waals surface area contributed by atoms with Gasteiger partial charge in [0.05, 0.1) is 0 Å². The lowest BCUT2D eigenvalue weighted by Gasteiger charge is -2.57. The zero-order valence-corrected chi connectivity index (χ0v) is 14.2. The molecular weight excluding hydrogens is 285 g/mol. The predicted octanol–water partition coefficient (Wildman–Crippen LogP) is 5.32. The molecule has 1 aliphatic carbocycles.